The third kappa shape index (κ3) is 4.58. The second-order valence-electron chi connectivity index (χ2n) is 5.54. The van der Waals surface area contributed by atoms with Crippen molar-refractivity contribution in [3.8, 4) is 0 Å². The largest absolute Gasteiger partial charge is 0.452 e. The normalized spacial score (nSPS) is 10.4. The molecule has 0 saturated carbocycles. The van der Waals surface area contributed by atoms with Crippen LogP contribution in [-0.2, 0) is 16.1 Å². The van der Waals surface area contributed by atoms with E-state index in [1.165, 1.54) is 0 Å². The summed E-state index contributed by atoms with van der Waals surface area (Å²) in [5.74, 6) is -0.891. The summed E-state index contributed by atoms with van der Waals surface area (Å²) in [5, 5.41) is 5.28. The van der Waals surface area contributed by atoms with E-state index in [0.29, 0.717) is 17.1 Å². The molecule has 4 nitrogen and oxygen atoms in total. The van der Waals surface area contributed by atoms with E-state index >= 15 is 0 Å². The fourth-order valence-corrected chi connectivity index (χ4v) is 2.64. The fourth-order valence-electron chi connectivity index (χ4n) is 2.43. The zero-order valence-corrected chi connectivity index (χ0v) is 14.1. The molecule has 25 heavy (non-hydrogen) atoms. The Labute approximate surface area is 150 Å². The van der Waals surface area contributed by atoms with Crippen molar-refractivity contribution >= 4 is 34.2 Å². The van der Waals surface area contributed by atoms with E-state index < -0.39 is 5.97 Å². The lowest BCUT2D eigenvalue weighted by atomic mass is 10.1. The minimum Gasteiger partial charge on any atom is -0.452 e. The average Bonchev–Trinajstić information content (AvgIpc) is 2.64. The van der Waals surface area contributed by atoms with E-state index in [0.717, 1.165) is 16.3 Å². The molecule has 3 aromatic rings. The van der Waals surface area contributed by atoms with Gasteiger partial charge >= 0.3 is 5.97 Å². The maximum Gasteiger partial charge on any atom is 0.338 e. The molecule has 0 heterocycles. The number of hydrogen-bond acceptors (Lipinski definition) is 3. The molecule has 1 N–H and O–H groups in total. The van der Waals surface area contributed by atoms with Crippen molar-refractivity contribution in [1.29, 1.82) is 0 Å². The Morgan fingerprint density at radius 2 is 1.72 bits per heavy atom. The van der Waals surface area contributed by atoms with E-state index in [1.807, 2.05) is 42.5 Å². The zero-order chi connectivity index (χ0) is 17.6. The summed E-state index contributed by atoms with van der Waals surface area (Å²) >= 11 is 5.89. The van der Waals surface area contributed by atoms with Crippen LogP contribution in [0.5, 0.6) is 0 Å². The number of rotatable bonds is 5. The first-order valence-corrected chi connectivity index (χ1v) is 8.17. The molecule has 126 valence electrons. The molecule has 1 amide bonds. The molecule has 0 aliphatic carbocycles. The number of carbonyl (C=O) groups excluding carboxylic acids is 2. The Hall–Kier alpha value is -2.85. The Bertz CT molecular complexity index is 923. The smallest absolute Gasteiger partial charge is 0.338 e. The van der Waals surface area contributed by atoms with Gasteiger partial charge in [0.05, 0.1) is 5.56 Å². The van der Waals surface area contributed by atoms with Crippen LogP contribution < -0.4 is 5.32 Å². The summed E-state index contributed by atoms with van der Waals surface area (Å²) in [6.45, 7) is -0.000849. The third-order valence-electron chi connectivity index (χ3n) is 3.70. The van der Waals surface area contributed by atoms with Crippen molar-refractivity contribution in [3.05, 3.63) is 82.9 Å². The number of esters is 1. The molecule has 0 fully saturated rings. The van der Waals surface area contributed by atoms with E-state index in [2.05, 4.69) is 5.32 Å². The predicted octanol–water partition coefficient (Wildman–Crippen LogP) is 3.97. The molecule has 0 saturated heterocycles. The Kier molecular flexibility index (Phi) is 5.31. The summed E-state index contributed by atoms with van der Waals surface area (Å²) in [4.78, 5) is 23.9. The molecule has 0 aromatic heterocycles. The topological polar surface area (TPSA) is 55.4 Å². The second kappa shape index (κ2) is 7.81. The summed E-state index contributed by atoms with van der Waals surface area (Å²) in [7, 11) is 0. The van der Waals surface area contributed by atoms with Crippen LogP contribution in [0, 0.1) is 0 Å². The van der Waals surface area contributed by atoms with Gasteiger partial charge in [-0.3, -0.25) is 4.79 Å². The summed E-state index contributed by atoms with van der Waals surface area (Å²) < 4.78 is 5.07. The van der Waals surface area contributed by atoms with Gasteiger partial charge < -0.3 is 10.1 Å². The van der Waals surface area contributed by atoms with Crippen LogP contribution in [0.2, 0.25) is 5.02 Å². The molecule has 0 atom stereocenters. The number of benzene rings is 3. The van der Waals surface area contributed by atoms with E-state index in [-0.39, 0.29) is 12.5 Å². The van der Waals surface area contributed by atoms with Crippen LogP contribution in [-0.4, -0.2) is 18.5 Å². The average molecular weight is 354 g/mol. The standard InChI is InChI=1S/C20H16ClNO3/c21-18-7-3-4-14(10-18)12-22-19(23)13-25-20(24)17-9-8-15-5-1-2-6-16(15)11-17/h1-11H,12-13H2,(H,22,23). The summed E-state index contributed by atoms with van der Waals surface area (Å²) in [6.07, 6.45) is 0. The number of nitrogens with one attached hydrogen (secondary N) is 1. The Morgan fingerprint density at radius 1 is 0.920 bits per heavy atom. The molecule has 0 spiro atoms. The summed E-state index contributed by atoms with van der Waals surface area (Å²) in [6, 6.07) is 20.2. The van der Waals surface area contributed by atoms with Gasteiger partial charge in [0, 0.05) is 11.6 Å². The van der Waals surface area contributed by atoms with Gasteiger partial charge in [-0.15, -0.1) is 0 Å². The minimum absolute atomic E-state index is 0.326. The lowest BCUT2D eigenvalue weighted by molar-refractivity contribution is -0.124. The van der Waals surface area contributed by atoms with Crippen molar-refractivity contribution < 1.29 is 14.3 Å². The lowest BCUT2D eigenvalue weighted by Crippen LogP contribution is -2.28. The van der Waals surface area contributed by atoms with Crippen molar-refractivity contribution in [2.45, 2.75) is 6.54 Å². The quantitative estimate of drug-likeness (QED) is 0.706. The number of halogens is 1. The SMILES string of the molecule is O=C(COC(=O)c1ccc2ccccc2c1)NCc1cccc(Cl)c1. The number of carbonyl (C=O) groups is 2. The van der Waals surface area contributed by atoms with Gasteiger partial charge in [0.2, 0.25) is 0 Å². The number of amides is 1. The number of fused-ring (bicyclic) bond motifs is 1. The molecule has 0 unspecified atom stereocenters. The number of ether oxygens (including phenoxy) is 1. The van der Waals surface area contributed by atoms with Crippen LogP contribution in [0.3, 0.4) is 0 Å². The van der Waals surface area contributed by atoms with Crippen molar-refractivity contribution in [2.75, 3.05) is 6.61 Å². The summed E-state index contributed by atoms with van der Waals surface area (Å²) in [5.41, 5.74) is 1.29. The van der Waals surface area contributed by atoms with Gasteiger partial charge in [0.15, 0.2) is 6.61 Å². The molecule has 3 aromatic carbocycles. The number of hydrogen-bond donors (Lipinski definition) is 1. The minimum atomic E-state index is -0.524. The van der Waals surface area contributed by atoms with E-state index in [1.54, 1.807) is 24.3 Å². The van der Waals surface area contributed by atoms with Gasteiger partial charge in [-0.05, 0) is 40.6 Å². The highest BCUT2D eigenvalue weighted by Gasteiger charge is 2.10. The first-order chi connectivity index (χ1) is 12.1. The van der Waals surface area contributed by atoms with Crippen LogP contribution in [0.1, 0.15) is 15.9 Å². The van der Waals surface area contributed by atoms with E-state index in [4.69, 9.17) is 16.3 Å². The monoisotopic (exact) mass is 353 g/mol. The molecular weight excluding hydrogens is 338 g/mol. The highest BCUT2D eigenvalue weighted by molar-refractivity contribution is 6.30. The molecule has 0 bridgehead atoms. The van der Waals surface area contributed by atoms with Gasteiger partial charge in [0.25, 0.3) is 5.91 Å². The fraction of sp³-hybridized carbons (Fsp3) is 0.100. The molecule has 0 radical (unpaired) electrons. The lowest BCUT2D eigenvalue weighted by Gasteiger charge is -2.07. The zero-order valence-electron chi connectivity index (χ0n) is 13.4. The Morgan fingerprint density at radius 3 is 2.52 bits per heavy atom. The van der Waals surface area contributed by atoms with Crippen molar-refractivity contribution in [1.82, 2.24) is 5.32 Å². The molecule has 3 rings (SSSR count). The van der Waals surface area contributed by atoms with Crippen molar-refractivity contribution in [2.24, 2.45) is 0 Å². The molecular formula is C20H16ClNO3. The van der Waals surface area contributed by atoms with Gasteiger partial charge in [-0.1, -0.05) is 54.1 Å². The highest BCUT2D eigenvalue weighted by Crippen LogP contribution is 2.16. The maximum atomic E-state index is 12.1. The third-order valence-corrected chi connectivity index (χ3v) is 3.93. The predicted molar refractivity (Wildman–Crippen MR) is 97.5 cm³/mol. The van der Waals surface area contributed by atoms with Crippen LogP contribution in [0.15, 0.2) is 66.7 Å². The van der Waals surface area contributed by atoms with Gasteiger partial charge in [-0.2, -0.15) is 0 Å². The van der Waals surface area contributed by atoms with Crippen LogP contribution in [0.25, 0.3) is 10.8 Å². The molecule has 0 aliphatic rings. The first-order valence-electron chi connectivity index (χ1n) is 7.79. The van der Waals surface area contributed by atoms with Crippen LogP contribution >= 0.6 is 11.6 Å². The van der Waals surface area contributed by atoms with Crippen molar-refractivity contribution in [3.63, 3.8) is 0 Å². The maximum absolute atomic E-state index is 12.1. The van der Waals surface area contributed by atoms with Gasteiger partial charge in [-0.25, -0.2) is 4.79 Å². The first kappa shape index (κ1) is 17.0. The highest BCUT2D eigenvalue weighted by atomic mass is 35.5. The molecule has 5 heteroatoms. The van der Waals surface area contributed by atoms with Crippen LogP contribution in [0.4, 0.5) is 0 Å². The molecule has 0 aliphatic heterocycles. The second-order valence-corrected chi connectivity index (χ2v) is 5.98. The van der Waals surface area contributed by atoms with E-state index in [9.17, 15) is 9.59 Å². The van der Waals surface area contributed by atoms with Gasteiger partial charge in [0.1, 0.15) is 0 Å². The Balaban J connectivity index is 1.53.